The fourth-order valence-corrected chi connectivity index (χ4v) is 5.02. The van der Waals surface area contributed by atoms with Crippen LogP contribution in [0.15, 0.2) is 57.3 Å². The summed E-state index contributed by atoms with van der Waals surface area (Å²) in [5.74, 6) is -1.12. The number of thioether (sulfide) groups is 2. The van der Waals surface area contributed by atoms with Crippen LogP contribution >= 0.6 is 23.5 Å². The molecule has 0 radical (unpaired) electrons. The molecule has 0 atom stereocenters. The number of rotatable bonds is 10. The third-order valence-corrected chi connectivity index (χ3v) is 6.79. The molecule has 0 aliphatic rings. The molecule has 4 aromatic rings. The molecular formula is C22H22F2N4O3S2. The van der Waals surface area contributed by atoms with Gasteiger partial charge >= 0.3 is 0 Å². The van der Waals surface area contributed by atoms with E-state index in [4.69, 9.17) is 9.47 Å². The van der Waals surface area contributed by atoms with Crippen molar-refractivity contribution in [1.29, 1.82) is 0 Å². The average Bonchev–Trinajstić information content (AvgIpc) is 3.24. The molecule has 11 heteroatoms. The monoisotopic (exact) mass is 492 g/mol. The van der Waals surface area contributed by atoms with E-state index in [9.17, 15) is 13.6 Å². The number of aromatic nitrogens is 4. The normalized spacial score (nSPS) is 11.7. The summed E-state index contributed by atoms with van der Waals surface area (Å²) < 4.78 is 39.4. The average molecular weight is 493 g/mol. The van der Waals surface area contributed by atoms with Gasteiger partial charge in [-0.1, -0.05) is 41.7 Å². The summed E-state index contributed by atoms with van der Waals surface area (Å²) in [5.41, 5.74) is 1.51. The Hall–Kier alpha value is -2.63. The Bertz CT molecular complexity index is 1330. The van der Waals surface area contributed by atoms with Gasteiger partial charge in [0, 0.05) is 26.0 Å². The van der Waals surface area contributed by atoms with Crippen LogP contribution in [-0.2, 0) is 17.0 Å². The largest absolute Gasteiger partial charge is 0.496 e. The number of ether oxygens (including phenoxy) is 2. The number of nitrogens with zero attached hydrogens (tertiary/aromatic N) is 4. The zero-order valence-electron chi connectivity index (χ0n) is 18.0. The molecule has 0 amide bonds. The summed E-state index contributed by atoms with van der Waals surface area (Å²) in [4.78, 5) is 13.5. The van der Waals surface area contributed by atoms with Crippen LogP contribution in [0.5, 0.6) is 5.75 Å². The number of aryl methyl sites for hydroxylation is 1. The molecular weight excluding hydrogens is 470 g/mol. The lowest BCUT2D eigenvalue weighted by Gasteiger charge is -2.12. The van der Waals surface area contributed by atoms with E-state index >= 15 is 0 Å². The van der Waals surface area contributed by atoms with Crippen molar-refractivity contribution in [3.05, 3.63) is 58.4 Å². The van der Waals surface area contributed by atoms with Crippen molar-refractivity contribution in [3.63, 3.8) is 0 Å². The summed E-state index contributed by atoms with van der Waals surface area (Å²) in [6, 6.07) is 12.5. The maximum atomic E-state index is 13.1. The summed E-state index contributed by atoms with van der Waals surface area (Å²) >= 11 is 1.90. The van der Waals surface area contributed by atoms with Gasteiger partial charge in [-0.15, -0.1) is 10.2 Å². The molecule has 0 spiro atoms. The molecule has 0 aliphatic carbocycles. The molecule has 0 saturated carbocycles. The van der Waals surface area contributed by atoms with Crippen molar-refractivity contribution in [2.45, 2.75) is 34.5 Å². The van der Waals surface area contributed by atoms with Crippen molar-refractivity contribution in [2.75, 3.05) is 20.8 Å². The highest BCUT2D eigenvalue weighted by atomic mass is 32.2. The molecule has 0 aliphatic heterocycles. The number of benzene rings is 2. The van der Waals surface area contributed by atoms with E-state index < -0.39 is 5.76 Å². The van der Waals surface area contributed by atoms with Crippen molar-refractivity contribution in [1.82, 2.24) is 19.2 Å². The first-order valence-electron chi connectivity index (χ1n) is 10.1. The van der Waals surface area contributed by atoms with E-state index in [0.717, 1.165) is 11.1 Å². The van der Waals surface area contributed by atoms with E-state index in [1.807, 2.05) is 22.6 Å². The summed E-state index contributed by atoms with van der Waals surface area (Å²) in [7, 11) is 3.08. The van der Waals surface area contributed by atoms with Crippen molar-refractivity contribution < 1.29 is 18.3 Å². The second-order valence-electron chi connectivity index (χ2n) is 7.09. The Morgan fingerprint density at radius 2 is 1.94 bits per heavy atom. The van der Waals surface area contributed by atoms with E-state index in [1.54, 1.807) is 35.9 Å². The van der Waals surface area contributed by atoms with E-state index in [2.05, 4.69) is 10.2 Å². The van der Waals surface area contributed by atoms with Crippen LogP contribution in [0.25, 0.3) is 16.7 Å². The van der Waals surface area contributed by atoms with Crippen LogP contribution in [0.3, 0.4) is 0 Å². The Kier molecular flexibility index (Phi) is 7.51. The summed E-state index contributed by atoms with van der Waals surface area (Å²) in [6.07, 6.45) is 0.669. The Balaban J connectivity index is 1.69. The first kappa shape index (κ1) is 23.5. The summed E-state index contributed by atoms with van der Waals surface area (Å²) in [6.45, 7) is 0.993. The third kappa shape index (κ3) is 4.99. The molecule has 2 aromatic heterocycles. The molecule has 0 N–H and O–H groups in total. The van der Waals surface area contributed by atoms with Crippen molar-refractivity contribution in [3.8, 4) is 5.75 Å². The van der Waals surface area contributed by atoms with Crippen molar-refractivity contribution >= 4 is 40.2 Å². The van der Waals surface area contributed by atoms with Crippen LogP contribution in [0.2, 0.25) is 0 Å². The standard InChI is InChI=1S/C22H22F2N4O3S2/c1-30-11-5-10-27-19(29)15-6-3-4-7-16(15)28-21(27)25-26-22(28)32-13-14-8-9-18(33-20(23)24)17(12-14)31-2/h3-4,6-9,12,20H,5,10-11,13H2,1-2H3. The van der Waals surface area contributed by atoms with Gasteiger partial charge in [-0.25, -0.2) is 0 Å². The Labute approximate surface area is 197 Å². The maximum absolute atomic E-state index is 13.1. The van der Waals surface area contributed by atoms with Gasteiger partial charge in [0.1, 0.15) is 5.75 Å². The topological polar surface area (TPSA) is 70.7 Å². The van der Waals surface area contributed by atoms with Crippen LogP contribution < -0.4 is 10.3 Å². The van der Waals surface area contributed by atoms with Gasteiger partial charge in [-0.05, 0) is 36.2 Å². The van der Waals surface area contributed by atoms with Crippen LogP contribution in [0, 0.1) is 0 Å². The van der Waals surface area contributed by atoms with Crippen molar-refractivity contribution in [2.24, 2.45) is 0 Å². The van der Waals surface area contributed by atoms with Gasteiger partial charge in [-0.2, -0.15) is 8.78 Å². The zero-order chi connectivity index (χ0) is 23.4. The Morgan fingerprint density at radius 1 is 1.12 bits per heavy atom. The second-order valence-corrected chi connectivity index (χ2v) is 9.07. The van der Waals surface area contributed by atoms with Gasteiger partial charge < -0.3 is 9.47 Å². The minimum atomic E-state index is -2.52. The van der Waals surface area contributed by atoms with Crippen LogP contribution in [0.1, 0.15) is 12.0 Å². The second kappa shape index (κ2) is 10.5. The lowest BCUT2D eigenvalue weighted by molar-refractivity contribution is 0.190. The maximum Gasteiger partial charge on any atom is 0.289 e. The van der Waals surface area contributed by atoms with Crippen LogP contribution in [0.4, 0.5) is 8.78 Å². The lowest BCUT2D eigenvalue weighted by Crippen LogP contribution is -2.24. The van der Waals surface area contributed by atoms with Gasteiger partial charge in [0.2, 0.25) is 5.78 Å². The van der Waals surface area contributed by atoms with E-state index in [-0.39, 0.29) is 5.56 Å². The molecule has 2 heterocycles. The predicted octanol–water partition coefficient (Wildman–Crippen LogP) is 4.70. The molecule has 4 rings (SSSR count). The number of hydrogen-bond acceptors (Lipinski definition) is 7. The first-order chi connectivity index (χ1) is 16.0. The van der Waals surface area contributed by atoms with Crippen LogP contribution in [-0.4, -0.2) is 45.7 Å². The molecule has 174 valence electrons. The molecule has 0 fully saturated rings. The highest BCUT2D eigenvalue weighted by molar-refractivity contribution is 7.99. The number of methoxy groups -OCH3 is 2. The first-order valence-corrected chi connectivity index (χ1v) is 12.0. The zero-order valence-corrected chi connectivity index (χ0v) is 19.7. The highest BCUT2D eigenvalue weighted by Gasteiger charge is 2.17. The Morgan fingerprint density at radius 3 is 2.70 bits per heavy atom. The number of hydrogen-bond donors (Lipinski definition) is 0. The minimum absolute atomic E-state index is 0.116. The van der Waals surface area contributed by atoms with Gasteiger partial charge in [0.15, 0.2) is 5.16 Å². The molecule has 2 aromatic carbocycles. The fraction of sp³-hybridized carbons (Fsp3) is 0.318. The van der Waals surface area contributed by atoms with Gasteiger partial charge in [0.25, 0.3) is 11.3 Å². The molecule has 0 unspecified atom stereocenters. The molecule has 0 saturated heterocycles. The number of para-hydroxylation sites is 1. The molecule has 33 heavy (non-hydrogen) atoms. The lowest BCUT2D eigenvalue weighted by atomic mass is 10.2. The number of halogens is 2. The molecule has 7 nitrogen and oxygen atoms in total. The minimum Gasteiger partial charge on any atom is -0.496 e. The van der Waals surface area contributed by atoms with Gasteiger partial charge in [-0.3, -0.25) is 13.8 Å². The number of alkyl halides is 2. The molecule has 0 bridgehead atoms. The smallest absolute Gasteiger partial charge is 0.289 e. The van der Waals surface area contributed by atoms with Gasteiger partial charge in [0.05, 0.1) is 22.9 Å². The highest BCUT2D eigenvalue weighted by Crippen LogP contribution is 2.35. The SMILES string of the molecule is COCCCn1c(=O)c2ccccc2n2c(SCc3ccc(SC(F)F)c(OC)c3)nnc12. The summed E-state index contributed by atoms with van der Waals surface area (Å²) in [5, 5.41) is 9.86. The number of fused-ring (bicyclic) bond motifs is 3. The third-order valence-electron chi connectivity index (χ3n) is 5.02. The predicted molar refractivity (Wildman–Crippen MR) is 126 cm³/mol. The fourth-order valence-electron chi connectivity index (χ4n) is 3.54. The quantitative estimate of drug-likeness (QED) is 0.235. The van der Waals surface area contributed by atoms with E-state index in [0.29, 0.717) is 64.1 Å². The van der Waals surface area contributed by atoms with E-state index in [1.165, 1.54) is 18.9 Å².